The van der Waals surface area contributed by atoms with Crippen molar-refractivity contribution in [1.82, 2.24) is 0 Å². The molecule has 0 N–H and O–H groups in total. The van der Waals surface area contributed by atoms with Crippen molar-refractivity contribution in [3.05, 3.63) is 0 Å². The molecule has 0 aliphatic rings. The van der Waals surface area contributed by atoms with E-state index in [2.05, 4.69) is 34.6 Å². The fourth-order valence-electron chi connectivity index (χ4n) is 1.77. The Labute approximate surface area is 89.3 Å². The second-order valence-electron chi connectivity index (χ2n) is 5.32. The Morgan fingerprint density at radius 3 is 2.07 bits per heavy atom. The molecule has 0 saturated heterocycles. The minimum absolute atomic E-state index is 0.259. The molecule has 0 spiro atoms. The third kappa shape index (κ3) is 4.26. The van der Waals surface area contributed by atoms with Gasteiger partial charge in [-0.2, -0.15) is 0 Å². The van der Waals surface area contributed by atoms with Gasteiger partial charge in [-0.15, -0.1) is 0 Å². The molecule has 0 radical (unpaired) electrons. The second kappa shape index (κ2) is 5.53. The maximum atomic E-state index is 11.5. The Balaban J connectivity index is 4.45. The molecule has 1 heteroatoms. The Morgan fingerprint density at radius 1 is 1.29 bits per heavy atom. The van der Waals surface area contributed by atoms with Gasteiger partial charge in [0.2, 0.25) is 0 Å². The second-order valence-corrected chi connectivity index (χ2v) is 5.32. The Morgan fingerprint density at radius 2 is 1.79 bits per heavy atom. The maximum Gasteiger partial charge on any atom is 0.133 e. The molecule has 1 nitrogen and oxygen atoms in total. The minimum atomic E-state index is 0.259. The lowest BCUT2D eigenvalue weighted by Crippen LogP contribution is -2.26. The molecule has 2 atom stereocenters. The first-order valence-corrected chi connectivity index (χ1v) is 5.84. The number of rotatable bonds is 6. The molecule has 0 aromatic heterocycles. The van der Waals surface area contributed by atoms with Gasteiger partial charge in [0, 0.05) is 5.92 Å². The molecule has 0 aliphatic carbocycles. The monoisotopic (exact) mass is 198 g/mol. The highest BCUT2D eigenvalue weighted by molar-refractivity contribution is 5.78. The van der Waals surface area contributed by atoms with Crippen LogP contribution in [0.25, 0.3) is 0 Å². The fraction of sp³-hybridized carbons (Fsp3) is 0.923. The van der Waals surface area contributed by atoms with Gasteiger partial charge in [-0.25, -0.2) is 0 Å². The van der Waals surface area contributed by atoms with E-state index in [0.717, 1.165) is 19.3 Å². The Kier molecular flexibility index (Phi) is 5.40. The molecule has 0 bridgehead atoms. The topological polar surface area (TPSA) is 17.1 Å². The van der Waals surface area contributed by atoms with Crippen LogP contribution in [0.4, 0.5) is 0 Å². The van der Waals surface area contributed by atoms with E-state index in [1.54, 1.807) is 6.92 Å². The van der Waals surface area contributed by atoms with Gasteiger partial charge in [-0.05, 0) is 24.7 Å². The van der Waals surface area contributed by atoms with Gasteiger partial charge in [0.15, 0.2) is 0 Å². The van der Waals surface area contributed by atoms with Crippen LogP contribution in [0, 0.1) is 17.3 Å². The van der Waals surface area contributed by atoms with Crippen LogP contribution in [-0.2, 0) is 4.79 Å². The van der Waals surface area contributed by atoms with E-state index in [0.29, 0.717) is 17.1 Å². The predicted octanol–water partition coefficient (Wildman–Crippen LogP) is 4.06. The zero-order valence-electron chi connectivity index (χ0n) is 10.7. The van der Waals surface area contributed by atoms with E-state index in [9.17, 15) is 4.79 Å². The quantitative estimate of drug-likeness (QED) is 0.629. The minimum Gasteiger partial charge on any atom is -0.300 e. The highest BCUT2D eigenvalue weighted by Crippen LogP contribution is 2.33. The van der Waals surface area contributed by atoms with Crippen LogP contribution in [0.5, 0.6) is 0 Å². The summed E-state index contributed by atoms with van der Waals surface area (Å²) in [7, 11) is 0. The third-order valence-electron chi connectivity index (χ3n) is 3.58. The summed E-state index contributed by atoms with van der Waals surface area (Å²) >= 11 is 0. The van der Waals surface area contributed by atoms with Gasteiger partial charge in [0.1, 0.15) is 5.78 Å². The van der Waals surface area contributed by atoms with Crippen LogP contribution in [0.3, 0.4) is 0 Å². The highest BCUT2D eigenvalue weighted by atomic mass is 16.1. The molecule has 0 fully saturated rings. The number of carbonyl (C=O) groups is 1. The lowest BCUT2D eigenvalue weighted by atomic mass is 9.74. The van der Waals surface area contributed by atoms with E-state index in [4.69, 9.17) is 0 Å². The van der Waals surface area contributed by atoms with E-state index < -0.39 is 0 Å². The summed E-state index contributed by atoms with van der Waals surface area (Å²) in [5.41, 5.74) is 0.305. The van der Waals surface area contributed by atoms with Crippen molar-refractivity contribution < 1.29 is 4.79 Å². The Bertz CT molecular complexity index is 182. The summed E-state index contributed by atoms with van der Waals surface area (Å²) < 4.78 is 0. The largest absolute Gasteiger partial charge is 0.300 e. The van der Waals surface area contributed by atoms with Gasteiger partial charge >= 0.3 is 0 Å². The van der Waals surface area contributed by atoms with Crippen molar-refractivity contribution in [3.63, 3.8) is 0 Å². The standard InChI is InChI=1S/C13H26O/c1-7-10(3)12(11(4)14)9-13(5,6)8-2/h10,12H,7-9H2,1-6H3/t10?,12-/m1/s1. The molecule has 0 amide bonds. The first-order valence-electron chi connectivity index (χ1n) is 5.84. The number of hydrogen-bond donors (Lipinski definition) is 0. The Hall–Kier alpha value is -0.330. The van der Waals surface area contributed by atoms with Crippen LogP contribution in [0.2, 0.25) is 0 Å². The van der Waals surface area contributed by atoms with Crippen molar-refractivity contribution in [3.8, 4) is 0 Å². The van der Waals surface area contributed by atoms with Gasteiger partial charge in [0.05, 0.1) is 0 Å². The molecular formula is C13H26O. The molecule has 1 unspecified atom stereocenters. The summed E-state index contributed by atoms with van der Waals surface area (Å²) in [4.78, 5) is 11.5. The van der Waals surface area contributed by atoms with Crippen molar-refractivity contribution in [2.75, 3.05) is 0 Å². The van der Waals surface area contributed by atoms with Crippen molar-refractivity contribution in [2.24, 2.45) is 17.3 Å². The SMILES string of the molecule is CCC(C)[C@@H](CC(C)(C)CC)C(C)=O. The predicted molar refractivity (Wildman–Crippen MR) is 62.3 cm³/mol. The molecule has 0 aromatic rings. The number of Topliss-reactive ketones (excluding diaryl/α,β-unsaturated/α-hetero) is 1. The molecule has 0 heterocycles. The van der Waals surface area contributed by atoms with E-state index in [-0.39, 0.29) is 5.92 Å². The van der Waals surface area contributed by atoms with Crippen molar-refractivity contribution >= 4 is 5.78 Å². The van der Waals surface area contributed by atoms with Crippen LogP contribution in [-0.4, -0.2) is 5.78 Å². The summed E-state index contributed by atoms with van der Waals surface area (Å²) in [5, 5.41) is 0. The van der Waals surface area contributed by atoms with Crippen molar-refractivity contribution in [2.45, 2.75) is 60.8 Å². The lowest BCUT2D eigenvalue weighted by molar-refractivity contribution is -0.123. The fourth-order valence-corrected chi connectivity index (χ4v) is 1.77. The van der Waals surface area contributed by atoms with Gasteiger partial charge in [-0.1, -0.05) is 47.5 Å². The summed E-state index contributed by atoms with van der Waals surface area (Å²) in [6.45, 7) is 12.8. The average molecular weight is 198 g/mol. The molecule has 0 saturated carbocycles. The summed E-state index contributed by atoms with van der Waals surface area (Å²) in [6, 6.07) is 0. The van der Waals surface area contributed by atoms with Crippen LogP contribution in [0.15, 0.2) is 0 Å². The normalized spacial score (nSPS) is 16.4. The third-order valence-corrected chi connectivity index (χ3v) is 3.58. The molecular weight excluding hydrogens is 172 g/mol. The van der Waals surface area contributed by atoms with Crippen molar-refractivity contribution in [1.29, 1.82) is 0 Å². The van der Waals surface area contributed by atoms with E-state index in [1.165, 1.54) is 0 Å². The molecule has 0 aliphatic heterocycles. The average Bonchev–Trinajstić information content (AvgIpc) is 2.13. The van der Waals surface area contributed by atoms with E-state index in [1.807, 2.05) is 0 Å². The van der Waals surface area contributed by atoms with Gasteiger partial charge in [0.25, 0.3) is 0 Å². The van der Waals surface area contributed by atoms with Crippen LogP contribution in [0.1, 0.15) is 60.8 Å². The summed E-state index contributed by atoms with van der Waals surface area (Å²) in [5.74, 6) is 1.15. The first kappa shape index (κ1) is 13.7. The molecule has 84 valence electrons. The number of ketones is 1. The highest BCUT2D eigenvalue weighted by Gasteiger charge is 2.27. The number of carbonyl (C=O) groups excluding carboxylic acids is 1. The zero-order valence-corrected chi connectivity index (χ0v) is 10.7. The number of hydrogen-bond acceptors (Lipinski definition) is 1. The van der Waals surface area contributed by atoms with Crippen LogP contribution < -0.4 is 0 Å². The maximum absolute atomic E-state index is 11.5. The lowest BCUT2D eigenvalue weighted by Gasteiger charge is -2.30. The van der Waals surface area contributed by atoms with E-state index >= 15 is 0 Å². The molecule has 14 heavy (non-hydrogen) atoms. The van der Waals surface area contributed by atoms with Crippen LogP contribution >= 0.6 is 0 Å². The van der Waals surface area contributed by atoms with Gasteiger partial charge in [-0.3, -0.25) is 4.79 Å². The first-order chi connectivity index (χ1) is 6.34. The molecule has 0 aromatic carbocycles. The summed E-state index contributed by atoms with van der Waals surface area (Å²) in [6.07, 6.45) is 3.28. The zero-order chi connectivity index (χ0) is 11.4. The smallest absolute Gasteiger partial charge is 0.133 e. The molecule has 0 rings (SSSR count). The van der Waals surface area contributed by atoms with Gasteiger partial charge < -0.3 is 0 Å².